The summed E-state index contributed by atoms with van der Waals surface area (Å²) in [4.78, 5) is 0. The molecular formula is C10H11FN2O2. The molecule has 0 saturated carbocycles. The lowest BCUT2D eigenvalue weighted by atomic mass is 10.2. The van der Waals surface area contributed by atoms with Gasteiger partial charge in [-0.25, -0.2) is 4.39 Å². The number of nitrogens with two attached hydrogens (primary N) is 1. The fraction of sp³-hybridized carbons (Fsp3) is 0.300. The summed E-state index contributed by atoms with van der Waals surface area (Å²) < 4.78 is 18.1. The zero-order valence-corrected chi connectivity index (χ0v) is 7.98. The quantitative estimate of drug-likeness (QED) is 0.753. The molecule has 0 amide bonds. The first-order valence-electron chi connectivity index (χ1n) is 4.38. The monoisotopic (exact) mass is 210 g/mol. The van der Waals surface area contributed by atoms with Gasteiger partial charge in [0.25, 0.3) is 0 Å². The zero-order valence-electron chi connectivity index (χ0n) is 7.98. The van der Waals surface area contributed by atoms with Crippen molar-refractivity contribution >= 4 is 0 Å². The normalized spacial score (nSPS) is 11.9. The van der Waals surface area contributed by atoms with Crippen molar-refractivity contribution in [3.63, 3.8) is 0 Å². The van der Waals surface area contributed by atoms with Gasteiger partial charge >= 0.3 is 0 Å². The summed E-state index contributed by atoms with van der Waals surface area (Å²) in [6.07, 6.45) is -0.774. The highest BCUT2D eigenvalue weighted by molar-refractivity contribution is 5.36. The largest absolute Gasteiger partial charge is 0.491 e. The van der Waals surface area contributed by atoms with Crippen molar-refractivity contribution in [3.8, 4) is 11.8 Å². The minimum absolute atomic E-state index is 0.00183. The highest BCUT2D eigenvalue weighted by atomic mass is 19.1. The Morgan fingerprint density at radius 2 is 2.33 bits per heavy atom. The van der Waals surface area contributed by atoms with Crippen molar-refractivity contribution in [2.45, 2.75) is 6.10 Å². The number of nitriles is 1. The predicted octanol–water partition coefficient (Wildman–Crippen LogP) is 0.396. The van der Waals surface area contributed by atoms with Gasteiger partial charge in [0, 0.05) is 12.6 Å². The van der Waals surface area contributed by atoms with Gasteiger partial charge in [-0.1, -0.05) is 0 Å². The molecule has 0 bridgehead atoms. The van der Waals surface area contributed by atoms with Crippen LogP contribution in [0.4, 0.5) is 4.39 Å². The van der Waals surface area contributed by atoms with Gasteiger partial charge < -0.3 is 15.6 Å². The van der Waals surface area contributed by atoms with Crippen LogP contribution in [0, 0.1) is 17.1 Å². The summed E-state index contributed by atoms with van der Waals surface area (Å²) >= 11 is 0. The molecule has 0 saturated heterocycles. The molecule has 1 atom stereocenters. The molecule has 1 unspecified atom stereocenters. The first-order chi connectivity index (χ1) is 7.17. The van der Waals surface area contributed by atoms with Gasteiger partial charge in [-0.2, -0.15) is 5.26 Å². The molecule has 15 heavy (non-hydrogen) atoms. The topological polar surface area (TPSA) is 79.3 Å². The van der Waals surface area contributed by atoms with Crippen molar-refractivity contribution in [1.82, 2.24) is 0 Å². The Balaban J connectivity index is 2.64. The van der Waals surface area contributed by atoms with Crippen molar-refractivity contribution < 1.29 is 14.2 Å². The molecule has 0 aliphatic heterocycles. The Morgan fingerprint density at radius 1 is 1.60 bits per heavy atom. The maximum Gasteiger partial charge on any atom is 0.144 e. The van der Waals surface area contributed by atoms with E-state index in [1.54, 1.807) is 6.07 Å². The van der Waals surface area contributed by atoms with Crippen LogP contribution >= 0.6 is 0 Å². The Labute approximate surface area is 86.7 Å². The number of hydrogen-bond acceptors (Lipinski definition) is 4. The maximum absolute atomic E-state index is 13.1. The van der Waals surface area contributed by atoms with Crippen LogP contribution in [0.3, 0.4) is 0 Å². The lowest BCUT2D eigenvalue weighted by Gasteiger charge is -2.10. The third-order valence-electron chi connectivity index (χ3n) is 1.78. The average molecular weight is 210 g/mol. The molecule has 1 rings (SSSR count). The Bertz CT molecular complexity index is 376. The maximum atomic E-state index is 13.1. The van der Waals surface area contributed by atoms with Crippen LogP contribution < -0.4 is 10.5 Å². The number of benzene rings is 1. The first kappa shape index (κ1) is 11.4. The van der Waals surface area contributed by atoms with E-state index in [9.17, 15) is 4.39 Å². The van der Waals surface area contributed by atoms with E-state index in [4.69, 9.17) is 20.8 Å². The van der Waals surface area contributed by atoms with Gasteiger partial charge in [0.15, 0.2) is 0 Å². The fourth-order valence-corrected chi connectivity index (χ4v) is 0.937. The SMILES string of the molecule is N#Cc1ccc(OCC(O)CN)cc1F. The number of halogens is 1. The molecule has 0 heterocycles. The van der Waals surface area contributed by atoms with E-state index >= 15 is 0 Å². The minimum atomic E-state index is -0.774. The number of aliphatic hydroxyl groups is 1. The number of aliphatic hydroxyl groups excluding tert-OH is 1. The average Bonchev–Trinajstić information content (AvgIpc) is 2.26. The van der Waals surface area contributed by atoms with Gasteiger partial charge in [-0.05, 0) is 12.1 Å². The first-order valence-corrected chi connectivity index (χ1v) is 4.38. The van der Waals surface area contributed by atoms with Crippen LogP contribution in [-0.4, -0.2) is 24.4 Å². The molecule has 5 heteroatoms. The van der Waals surface area contributed by atoms with E-state index in [1.807, 2.05) is 0 Å². The van der Waals surface area contributed by atoms with E-state index in [-0.39, 0.29) is 24.5 Å². The van der Waals surface area contributed by atoms with E-state index in [0.717, 1.165) is 6.07 Å². The van der Waals surface area contributed by atoms with Gasteiger partial charge in [0.1, 0.15) is 30.3 Å². The van der Waals surface area contributed by atoms with Gasteiger partial charge in [0.2, 0.25) is 0 Å². The van der Waals surface area contributed by atoms with Crippen LogP contribution in [0.25, 0.3) is 0 Å². The molecule has 0 radical (unpaired) electrons. The van der Waals surface area contributed by atoms with Crippen LogP contribution in [0.5, 0.6) is 5.75 Å². The number of ether oxygens (including phenoxy) is 1. The van der Waals surface area contributed by atoms with Crippen molar-refractivity contribution in [1.29, 1.82) is 5.26 Å². The van der Waals surface area contributed by atoms with Crippen LogP contribution in [0.15, 0.2) is 18.2 Å². The smallest absolute Gasteiger partial charge is 0.144 e. The van der Waals surface area contributed by atoms with E-state index in [0.29, 0.717) is 0 Å². The van der Waals surface area contributed by atoms with Gasteiger partial charge in [-0.15, -0.1) is 0 Å². The summed E-state index contributed by atoms with van der Waals surface area (Å²) in [6.45, 7) is 0.0839. The van der Waals surface area contributed by atoms with Crippen molar-refractivity contribution in [2.24, 2.45) is 5.73 Å². The molecular weight excluding hydrogens is 199 g/mol. The Kier molecular flexibility index (Phi) is 4.03. The number of rotatable bonds is 4. The van der Waals surface area contributed by atoms with E-state index in [1.165, 1.54) is 12.1 Å². The Hall–Kier alpha value is -1.64. The molecule has 0 aliphatic rings. The molecule has 0 spiro atoms. The summed E-state index contributed by atoms with van der Waals surface area (Å²) in [7, 11) is 0. The van der Waals surface area contributed by atoms with Crippen molar-refractivity contribution in [2.75, 3.05) is 13.2 Å². The second kappa shape index (κ2) is 5.29. The number of hydrogen-bond donors (Lipinski definition) is 2. The highest BCUT2D eigenvalue weighted by Gasteiger charge is 2.05. The lowest BCUT2D eigenvalue weighted by Crippen LogP contribution is -2.26. The van der Waals surface area contributed by atoms with Crippen LogP contribution in [-0.2, 0) is 0 Å². The zero-order chi connectivity index (χ0) is 11.3. The molecule has 3 N–H and O–H groups in total. The standard InChI is InChI=1S/C10H11FN2O2/c11-10-3-9(2-1-7(10)4-12)15-6-8(14)5-13/h1-3,8,14H,5-6,13H2. The summed E-state index contributed by atoms with van der Waals surface area (Å²) in [5.74, 6) is -0.378. The predicted molar refractivity (Wildman–Crippen MR) is 51.7 cm³/mol. The molecule has 80 valence electrons. The minimum Gasteiger partial charge on any atom is -0.491 e. The fourth-order valence-electron chi connectivity index (χ4n) is 0.937. The summed E-state index contributed by atoms with van der Waals surface area (Å²) in [5.41, 5.74) is 5.12. The molecule has 0 aromatic heterocycles. The second-order valence-corrected chi connectivity index (χ2v) is 2.95. The number of nitrogens with zero attached hydrogens (tertiary/aromatic N) is 1. The Morgan fingerprint density at radius 3 is 2.87 bits per heavy atom. The third-order valence-corrected chi connectivity index (χ3v) is 1.78. The van der Waals surface area contributed by atoms with Gasteiger partial charge in [-0.3, -0.25) is 0 Å². The van der Waals surface area contributed by atoms with Crippen molar-refractivity contribution in [3.05, 3.63) is 29.6 Å². The lowest BCUT2D eigenvalue weighted by molar-refractivity contribution is 0.114. The second-order valence-electron chi connectivity index (χ2n) is 2.95. The molecule has 0 aliphatic carbocycles. The van der Waals surface area contributed by atoms with E-state index < -0.39 is 11.9 Å². The summed E-state index contributed by atoms with van der Waals surface area (Å²) in [5, 5.41) is 17.6. The van der Waals surface area contributed by atoms with Gasteiger partial charge in [0.05, 0.1) is 5.56 Å². The molecule has 1 aromatic carbocycles. The summed E-state index contributed by atoms with van der Waals surface area (Å²) in [6, 6.07) is 5.58. The molecule has 1 aromatic rings. The van der Waals surface area contributed by atoms with Crippen LogP contribution in [0.2, 0.25) is 0 Å². The van der Waals surface area contributed by atoms with Crippen LogP contribution in [0.1, 0.15) is 5.56 Å². The third kappa shape index (κ3) is 3.20. The molecule has 4 nitrogen and oxygen atoms in total. The van der Waals surface area contributed by atoms with E-state index in [2.05, 4.69) is 0 Å². The highest BCUT2D eigenvalue weighted by Crippen LogP contribution is 2.15. The molecule has 0 fully saturated rings.